The molecule has 0 saturated heterocycles. The van der Waals surface area contributed by atoms with Crippen molar-refractivity contribution in [2.24, 2.45) is 61.6 Å². The average molecular weight is 1060 g/mol. The number of methoxy groups -OCH3 is 1. The highest BCUT2D eigenvalue weighted by molar-refractivity contribution is 5.90. The monoisotopic (exact) mass is 1060 g/mol. The van der Waals surface area contributed by atoms with E-state index >= 15 is 0 Å². The molecule has 78 heavy (non-hydrogen) atoms. The van der Waals surface area contributed by atoms with Crippen LogP contribution in [-0.2, 0) is 14.3 Å². The fourth-order valence-corrected chi connectivity index (χ4v) is 13.9. The van der Waals surface area contributed by atoms with E-state index in [1.807, 2.05) is 91.1 Å². The number of carbonyl (C=O) groups is 2. The number of unbranched alkanes of at least 4 members (excludes halogenated alkanes) is 7. The van der Waals surface area contributed by atoms with E-state index in [-0.39, 0.29) is 23.5 Å². The van der Waals surface area contributed by atoms with Gasteiger partial charge in [0.1, 0.15) is 23.4 Å². The molecule has 4 aliphatic rings. The highest BCUT2D eigenvalue weighted by Gasteiger charge is 2.59. The van der Waals surface area contributed by atoms with Gasteiger partial charge in [-0.2, -0.15) is 10.2 Å². The topological polar surface area (TPSA) is 117 Å². The Morgan fingerprint density at radius 2 is 1.23 bits per heavy atom. The highest BCUT2D eigenvalue weighted by Crippen LogP contribution is 2.67. The number of allylic oxidation sites excluding steroid dienone is 1. The number of hydrogen-bond acceptors (Lipinski definition) is 10. The number of rotatable bonds is 29. The number of fused-ring (bicyclic) bond motifs is 5. The lowest BCUT2D eigenvalue weighted by molar-refractivity contribution is -0.151. The van der Waals surface area contributed by atoms with Crippen molar-refractivity contribution < 1.29 is 33.3 Å². The molecule has 0 unspecified atom stereocenters. The first-order valence-electron chi connectivity index (χ1n) is 30.1. The lowest BCUT2D eigenvalue weighted by atomic mass is 9.47. The molecule has 10 heteroatoms. The molecule has 0 radical (unpaired) electrons. The van der Waals surface area contributed by atoms with E-state index in [2.05, 4.69) is 55.9 Å². The molecule has 0 heterocycles. The summed E-state index contributed by atoms with van der Waals surface area (Å²) in [5.74, 6) is 7.12. The molecule has 0 N–H and O–H groups in total. The van der Waals surface area contributed by atoms with Crippen LogP contribution in [-0.4, -0.2) is 51.2 Å². The Hall–Kier alpha value is -5.77. The Bertz CT molecular complexity index is 2570. The van der Waals surface area contributed by atoms with Crippen LogP contribution in [0.15, 0.2) is 124 Å². The molecule has 8 rings (SSSR count). The minimum Gasteiger partial charge on any atom is -0.497 e. The van der Waals surface area contributed by atoms with Gasteiger partial charge in [-0.1, -0.05) is 84.8 Å². The zero-order valence-corrected chi connectivity index (χ0v) is 48.1. The summed E-state index contributed by atoms with van der Waals surface area (Å²) in [5, 5.41) is 8.55. The van der Waals surface area contributed by atoms with Crippen molar-refractivity contribution in [2.75, 3.05) is 26.9 Å². The number of benzene rings is 4. The minimum atomic E-state index is -0.328. The second kappa shape index (κ2) is 28.9. The molecule has 0 amide bonds. The summed E-state index contributed by atoms with van der Waals surface area (Å²) in [6.07, 6.45) is 27.9. The molecule has 0 bridgehead atoms. The molecule has 3 saturated carbocycles. The van der Waals surface area contributed by atoms with E-state index in [9.17, 15) is 9.59 Å². The first-order chi connectivity index (χ1) is 37.9. The smallest absolute Gasteiger partial charge is 0.338 e. The number of ether oxygens (including phenoxy) is 5. The van der Waals surface area contributed by atoms with E-state index < -0.39 is 0 Å². The molecule has 4 aliphatic carbocycles. The summed E-state index contributed by atoms with van der Waals surface area (Å²) >= 11 is 0. The molecular formula is C68H91N3O7. The third kappa shape index (κ3) is 16.2. The van der Waals surface area contributed by atoms with Crippen LogP contribution in [0.3, 0.4) is 0 Å². The number of nitrogens with zero attached hydrogens (tertiary/aromatic N) is 3. The van der Waals surface area contributed by atoms with Crippen molar-refractivity contribution in [3.8, 4) is 17.2 Å². The molecular weight excluding hydrogens is 971 g/mol. The van der Waals surface area contributed by atoms with Crippen LogP contribution in [0.25, 0.3) is 0 Å². The molecule has 10 nitrogen and oxygen atoms in total. The quantitative estimate of drug-likeness (QED) is 0.0175. The third-order valence-corrected chi connectivity index (χ3v) is 18.4. The van der Waals surface area contributed by atoms with E-state index in [0.717, 1.165) is 146 Å². The van der Waals surface area contributed by atoms with Gasteiger partial charge in [0.2, 0.25) is 0 Å². The van der Waals surface area contributed by atoms with Crippen LogP contribution in [0.1, 0.15) is 185 Å². The first kappa shape index (κ1) is 58.4. The Morgan fingerprint density at radius 1 is 0.628 bits per heavy atom. The SMILES string of the molecule is COc1ccc(N=Nc2ccc(OCCCCCCOC(=O)c3ccc(N=Cc4ccc(OCCCCCCCC(=O)O[C@H]5CC[C@@]6(C)C(=CC[C@H]7[C@@H]8CC[C@H]([C@H](C)CCCC(C)C)[C@@]8(C)CC[C@@H]76)C5)cc4)cc3)cc2)cc1. The van der Waals surface area contributed by atoms with E-state index in [4.69, 9.17) is 23.7 Å². The zero-order chi connectivity index (χ0) is 54.7. The number of carbonyl (C=O) groups excluding carboxylic acids is 2. The summed E-state index contributed by atoms with van der Waals surface area (Å²) in [4.78, 5) is 30.3. The Labute approximate surface area is 467 Å². The molecule has 4 aromatic carbocycles. The number of aliphatic imine (C=N–C) groups is 1. The summed E-state index contributed by atoms with van der Waals surface area (Å²) in [6.45, 7) is 14.2. The van der Waals surface area contributed by atoms with Crippen molar-refractivity contribution >= 4 is 35.2 Å². The van der Waals surface area contributed by atoms with E-state index in [1.165, 1.54) is 57.8 Å². The van der Waals surface area contributed by atoms with Crippen molar-refractivity contribution in [3.05, 3.63) is 120 Å². The Kier molecular flexibility index (Phi) is 21.6. The van der Waals surface area contributed by atoms with Crippen LogP contribution < -0.4 is 14.2 Å². The highest BCUT2D eigenvalue weighted by atomic mass is 16.5. The summed E-state index contributed by atoms with van der Waals surface area (Å²) in [7, 11) is 1.63. The van der Waals surface area contributed by atoms with Crippen molar-refractivity contribution in [2.45, 2.75) is 176 Å². The standard InChI is InChI=1S/C68H91N3O7/c1-49(2)17-16-18-50(3)62-38-39-63-61-37-24-53-47-60(40-42-67(53,4)64(61)41-43-68(62,63)5)78-65(72)19-12-8-7-9-13-44-75-58-31-20-51(21-32-58)48-69-54-25-22-52(23-26-54)66(73)77-46-15-11-10-14-45-76-59-35-29-56(30-36-59)71-70-55-27-33-57(74-6)34-28-55/h20-36,48-50,60-64H,7-19,37-47H2,1-6H3/t50-,60+,61+,62-,63+,64+,67+,68-/m1/s1. The zero-order valence-electron chi connectivity index (χ0n) is 48.1. The maximum Gasteiger partial charge on any atom is 0.338 e. The lowest BCUT2D eigenvalue weighted by Crippen LogP contribution is -2.51. The van der Waals surface area contributed by atoms with Gasteiger partial charge in [-0.15, -0.1) is 0 Å². The predicted octanol–water partition coefficient (Wildman–Crippen LogP) is 18.3. The molecule has 0 aliphatic heterocycles. The maximum absolute atomic E-state index is 13.0. The number of hydrogen-bond donors (Lipinski definition) is 0. The molecule has 8 atom stereocenters. The summed E-state index contributed by atoms with van der Waals surface area (Å²) in [6, 6.07) is 30.1. The molecule has 4 aromatic rings. The van der Waals surface area contributed by atoms with Gasteiger partial charge in [0.15, 0.2) is 0 Å². The van der Waals surface area contributed by atoms with Crippen LogP contribution in [0, 0.1) is 46.3 Å². The lowest BCUT2D eigenvalue weighted by Gasteiger charge is -2.58. The first-order valence-corrected chi connectivity index (χ1v) is 30.1. The van der Waals surface area contributed by atoms with Gasteiger partial charge in [-0.25, -0.2) is 4.79 Å². The normalized spacial score (nSPS) is 24.0. The van der Waals surface area contributed by atoms with Crippen LogP contribution >= 0.6 is 0 Å². The summed E-state index contributed by atoms with van der Waals surface area (Å²) < 4.78 is 28.8. The number of azo groups is 1. The summed E-state index contributed by atoms with van der Waals surface area (Å²) in [5.41, 5.74) is 6.12. The Morgan fingerprint density at radius 3 is 1.88 bits per heavy atom. The second-order valence-electron chi connectivity index (χ2n) is 24.2. The molecule has 0 aromatic heterocycles. The van der Waals surface area contributed by atoms with Crippen LogP contribution in [0.5, 0.6) is 17.2 Å². The van der Waals surface area contributed by atoms with Gasteiger partial charge >= 0.3 is 11.9 Å². The predicted molar refractivity (Wildman–Crippen MR) is 314 cm³/mol. The van der Waals surface area contributed by atoms with E-state index in [0.29, 0.717) is 37.2 Å². The molecule has 420 valence electrons. The fourth-order valence-electron chi connectivity index (χ4n) is 13.9. The largest absolute Gasteiger partial charge is 0.497 e. The van der Waals surface area contributed by atoms with Crippen molar-refractivity contribution in [1.29, 1.82) is 0 Å². The average Bonchev–Trinajstić information content (AvgIpc) is 3.83. The molecule has 3 fully saturated rings. The molecule has 0 spiro atoms. The van der Waals surface area contributed by atoms with Crippen molar-refractivity contribution in [1.82, 2.24) is 0 Å². The van der Waals surface area contributed by atoms with Gasteiger partial charge in [-0.3, -0.25) is 9.79 Å². The van der Waals surface area contributed by atoms with Gasteiger partial charge in [0, 0.05) is 19.1 Å². The van der Waals surface area contributed by atoms with E-state index in [1.54, 1.807) is 24.8 Å². The number of esters is 2. The minimum absolute atomic E-state index is 0.0116. The van der Waals surface area contributed by atoms with Gasteiger partial charge in [-0.05, 0) is 232 Å². The van der Waals surface area contributed by atoms with Crippen LogP contribution in [0.2, 0.25) is 0 Å². The fraction of sp³-hybridized carbons (Fsp3) is 0.574. The third-order valence-electron chi connectivity index (χ3n) is 18.4. The van der Waals surface area contributed by atoms with Gasteiger partial charge in [0.05, 0.1) is 49.6 Å². The van der Waals surface area contributed by atoms with Gasteiger partial charge < -0.3 is 23.7 Å². The van der Waals surface area contributed by atoms with Crippen molar-refractivity contribution in [3.63, 3.8) is 0 Å². The second-order valence-corrected chi connectivity index (χ2v) is 24.2. The maximum atomic E-state index is 13.0. The Balaban J connectivity index is 0.628. The van der Waals surface area contributed by atoms with Gasteiger partial charge in [0.25, 0.3) is 0 Å². The van der Waals surface area contributed by atoms with Crippen LogP contribution in [0.4, 0.5) is 17.1 Å².